The summed E-state index contributed by atoms with van der Waals surface area (Å²) in [5, 5.41) is 30.7. The van der Waals surface area contributed by atoms with E-state index in [0.29, 0.717) is 28.0 Å². The third-order valence-electron chi connectivity index (χ3n) is 23.9. The van der Waals surface area contributed by atoms with Gasteiger partial charge in [0.25, 0.3) is 0 Å². The van der Waals surface area contributed by atoms with Crippen LogP contribution < -0.4 is 34.9 Å². The SMILES string of the molecule is C.C.C.C.C=CS(=O)(=O)C12CCN(CC1)CC2.CS(=O)(=O)Cl.Cl.Fc1ccc([C@@H]2NCCc3ccccc32)cc1.O=S(=O)(CCN1CCc2ccccc2[C@@H]1c1ccc(F)cc1)C12CCN(CC1)CC2.O=S(=O)(CCO)C12CCN(CC1)CC2.OCCBr.OCCSC12CCN(CC1)CC2.SC12CCN(CC1)CC2.[Na+].[OH-]. The molecule has 4 aromatic rings. The smallest absolute Gasteiger partial charge is 0.870 e. The molecule has 2 atom stereocenters. The molecule has 630 valence electrons. The molecule has 0 aliphatic carbocycles. The summed E-state index contributed by atoms with van der Waals surface area (Å²) in [6.45, 7) is 22.1. The Labute approximate surface area is 718 Å². The molecule has 15 saturated heterocycles. The monoisotopic (exact) mass is 1780 g/mol. The van der Waals surface area contributed by atoms with Crippen molar-refractivity contribution in [1.29, 1.82) is 0 Å². The predicted octanol–water partition coefficient (Wildman–Crippen LogP) is 9.36. The zero-order valence-electron chi connectivity index (χ0n) is 62.5. The largest absolute Gasteiger partial charge is 1.00 e. The third-order valence-corrected chi connectivity index (χ3v) is 34.1. The number of halogens is 5. The van der Waals surface area contributed by atoms with Crippen LogP contribution in [0.1, 0.15) is 171 Å². The normalized spacial score (nSPS) is 29.1. The first-order chi connectivity index (χ1) is 49.6. The van der Waals surface area contributed by atoms with Crippen LogP contribution >= 0.6 is 63.4 Å². The molecule has 31 heteroatoms. The minimum absolute atomic E-state index is 0. The number of benzene rings is 4. The van der Waals surface area contributed by atoms with Gasteiger partial charge in [0.1, 0.15) is 11.6 Å². The summed E-state index contributed by atoms with van der Waals surface area (Å²) in [5.41, 5.74) is 7.34. The number of piperidine rings is 15. The Morgan fingerprint density at radius 2 is 0.883 bits per heavy atom. The van der Waals surface area contributed by atoms with Gasteiger partial charge in [0.05, 0.1) is 63.9 Å². The summed E-state index contributed by atoms with van der Waals surface area (Å²) in [7, 11) is -8.01. The predicted molar refractivity (Wildman–Crippen MR) is 461 cm³/mol. The molecule has 17 heterocycles. The average molecular weight is 1790 g/mol. The first-order valence-corrected chi connectivity index (χ1v) is 47.4. The minimum atomic E-state index is -3.19. The second-order valence-corrected chi connectivity index (χ2v) is 43.6. The van der Waals surface area contributed by atoms with Crippen LogP contribution in [0.4, 0.5) is 8.78 Å². The van der Waals surface area contributed by atoms with Gasteiger partial charge in [-0.3, -0.25) is 4.90 Å². The number of thiol groups is 1. The summed E-state index contributed by atoms with van der Waals surface area (Å²) in [6.07, 6.45) is 17.9. The number of nitrogens with zero attached hydrogens (tertiary/aromatic N) is 6. The Morgan fingerprint density at radius 3 is 1.25 bits per heavy atom. The summed E-state index contributed by atoms with van der Waals surface area (Å²) < 4.78 is 119. The quantitative estimate of drug-likeness (QED) is 0.0321. The van der Waals surface area contributed by atoms with Crippen molar-refractivity contribution in [2.24, 2.45) is 0 Å². The molecule has 0 amide bonds. The van der Waals surface area contributed by atoms with E-state index >= 15 is 0 Å². The summed E-state index contributed by atoms with van der Waals surface area (Å²) in [5.74, 6) is 0.636. The van der Waals surface area contributed by atoms with Crippen molar-refractivity contribution in [2.45, 2.75) is 175 Å². The maximum absolute atomic E-state index is 13.5. The Hall–Kier alpha value is -1.40. The van der Waals surface area contributed by atoms with Crippen LogP contribution in [0.3, 0.4) is 0 Å². The molecule has 21 rings (SSSR count). The van der Waals surface area contributed by atoms with Gasteiger partial charge in [0.15, 0.2) is 29.5 Å². The van der Waals surface area contributed by atoms with Crippen molar-refractivity contribution in [3.8, 4) is 0 Å². The van der Waals surface area contributed by atoms with E-state index < -0.39 is 52.8 Å². The van der Waals surface area contributed by atoms with Crippen LogP contribution in [-0.2, 0) is 51.4 Å². The van der Waals surface area contributed by atoms with E-state index in [1.165, 1.54) is 124 Å². The van der Waals surface area contributed by atoms with E-state index in [4.69, 9.17) is 15.3 Å². The Morgan fingerprint density at radius 1 is 0.532 bits per heavy atom. The van der Waals surface area contributed by atoms with Gasteiger partial charge in [-0.05, 0) is 265 Å². The van der Waals surface area contributed by atoms with Crippen LogP contribution in [0, 0.1) is 11.6 Å². The van der Waals surface area contributed by atoms with Crippen LogP contribution in [0.2, 0.25) is 0 Å². The van der Waals surface area contributed by atoms with Gasteiger partial charge in [-0.2, -0.15) is 24.4 Å². The number of sulfone groups is 3. The number of fused-ring (bicyclic) bond motifs is 17. The summed E-state index contributed by atoms with van der Waals surface area (Å²) >= 11 is 9.67. The second-order valence-electron chi connectivity index (χ2n) is 30.0. The molecule has 0 saturated carbocycles. The second kappa shape index (κ2) is 48.1. The van der Waals surface area contributed by atoms with Crippen molar-refractivity contribution >= 4 is 102 Å². The zero-order chi connectivity index (χ0) is 74.9. The van der Waals surface area contributed by atoms with Gasteiger partial charge in [-0.15, -0.1) is 12.4 Å². The first kappa shape index (κ1) is 106. The zero-order valence-corrected chi connectivity index (χ0v) is 72.7. The van der Waals surface area contributed by atoms with E-state index in [9.17, 15) is 42.5 Å². The molecule has 10 bridgehead atoms. The van der Waals surface area contributed by atoms with Crippen LogP contribution in [0.15, 0.2) is 109 Å². The maximum atomic E-state index is 13.5. The van der Waals surface area contributed by atoms with Gasteiger partial charge >= 0.3 is 29.6 Å². The number of thioether (sulfide) groups is 1. The van der Waals surface area contributed by atoms with Crippen molar-refractivity contribution in [2.75, 3.05) is 166 Å². The molecule has 5 N–H and O–H groups in total. The average Bonchev–Trinajstić information content (AvgIpc) is 0.757. The van der Waals surface area contributed by atoms with Gasteiger partial charge in [0.2, 0.25) is 9.05 Å². The van der Waals surface area contributed by atoms with Crippen molar-refractivity contribution in [3.05, 3.63) is 154 Å². The van der Waals surface area contributed by atoms with Crippen LogP contribution in [-0.4, -0.2) is 274 Å². The minimum Gasteiger partial charge on any atom is -0.870 e. The molecular weight excluding hydrogens is 1660 g/mol. The van der Waals surface area contributed by atoms with Crippen molar-refractivity contribution < 1.29 is 92.8 Å². The molecule has 111 heavy (non-hydrogen) atoms. The van der Waals surface area contributed by atoms with Gasteiger partial charge in [-0.25, -0.2) is 42.5 Å². The number of hydrogen-bond acceptors (Lipinski definition) is 21. The Kier molecular flexibility index (Phi) is 45.8. The standard InChI is InChI=1S/C24H29FN2O2S.C15H14FN.C9H17NO3S.C9H15NO2S.C9H17NOS.C7H13NS.C2H5BrO.CH3ClO2S.4CH4.ClH.Na.H2O/c25-21-7-5-20(6-8-21)23-22-4-2-1-3-19(22)9-13-27(23)17-18-30(28,29)24-10-14-26(15-11-24)16-12-24;16-13-7-5-12(6-8-13)15-14-4-2-1-3-11(14)9-10-17-15;11-7-8-14(12,13)9-1-4-10(5-2-9)6-3-9;1-2-13(11,12)9-3-6-10(7-4-9)8-5-9;11-7-8-12-9-1-4-10(5-2-9)6-3-9;9-7-1-4-8(5-2-7)6-3-7;3-1-2-4;1-5(2,3)4;;;;;;;/h1-8,23H,9-18H2;1-8,15,17H,9-10H2;11H,1-8H2;2H,1,3-8H2;11H,1-8H2;9H,1-6H2;4H,1-2H2;1H3;4*1H4;1H;;1H2/q;;;;;;;;;;;;;+1;/p-1/t23-;15-;;;;;;;;;;;;;/m00............./s1. The molecule has 19 nitrogen and oxygen atoms in total. The number of rotatable bonds is 15. The topological polar surface area (TPSA) is 259 Å². The molecular formula is C80H131BrCl2F2N7NaO12S6. The van der Waals surface area contributed by atoms with E-state index in [-0.39, 0.29) is 126 Å². The molecule has 0 aromatic heterocycles. The Bertz CT molecular complexity index is 3780. The van der Waals surface area contributed by atoms with E-state index in [0.717, 1.165) is 171 Å². The molecule has 0 radical (unpaired) electrons. The van der Waals surface area contributed by atoms with Crippen LogP contribution in [0.25, 0.3) is 0 Å². The maximum Gasteiger partial charge on any atom is 1.00 e. The van der Waals surface area contributed by atoms with Gasteiger partial charge in [-0.1, -0.05) is 125 Å². The fraction of sp³-hybridized carbons (Fsp3) is 0.675. The van der Waals surface area contributed by atoms with Gasteiger partial charge in [0, 0.05) is 56.3 Å². The molecule has 4 aromatic carbocycles. The molecule has 17 aliphatic rings. The first-order valence-electron chi connectivity index (χ1n) is 37.3. The molecule has 15 fully saturated rings. The fourth-order valence-electron chi connectivity index (χ4n) is 17.2. The summed E-state index contributed by atoms with van der Waals surface area (Å²) in [6, 6.07) is 30.4. The number of hydrogen-bond donors (Lipinski definition) is 5. The van der Waals surface area contributed by atoms with Crippen molar-refractivity contribution in [3.63, 3.8) is 0 Å². The number of aliphatic hydroxyl groups excluding tert-OH is 3. The van der Waals surface area contributed by atoms with Crippen LogP contribution in [0.5, 0.6) is 0 Å². The van der Waals surface area contributed by atoms with Gasteiger partial charge < -0.3 is 50.6 Å². The third kappa shape index (κ3) is 28.6. The molecule has 17 aliphatic heterocycles. The molecule has 0 spiro atoms. The fourth-order valence-corrected chi connectivity index (χ4v) is 24.2. The number of alkyl halides is 1. The van der Waals surface area contributed by atoms with E-state index in [1.807, 2.05) is 42.1 Å². The Balaban J connectivity index is 0.000000453. The van der Waals surface area contributed by atoms with E-state index in [1.54, 1.807) is 0 Å². The van der Waals surface area contributed by atoms with E-state index in [2.05, 4.69) is 123 Å². The number of nitrogens with one attached hydrogen (secondary N) is 1. The summed E-state index contributed by atoms with van der Waals surface area (Å²) in [4.78, 5) is 14.4. The molecule has 0 unspecified atom stereocenters. The number of aliphatic hydroxyl groups is 3. The van der Waals surface area contributed by atoms with Crippen molar-refractivity contribution in [1.82, 2.24) is 34.7 Å².